The molecule has 1 aromatic heterocycles. The number of hydrogen-bond acceptors (Lipinski definition) is 7. The van der Waals surface area contributed by atoms with Gasteiger partial charge in [0.15, 0.2) is 0 Å². The molecule has 2 saturated carbocycles. The second-order valence-electron chi connectivity index (χ2n) is 13.4. The van der Waals surface area contributed by atoms with E-state index in [0.29, 0.717) is 62.1 Å². The van der Waals surface area contributed by atoms with Gasteiger partial charge in [-0.25, -0.2) is 4.98 Å². The van der Waals surface area contributed by atoms with Crippen molar-refractivity contribution >= 4 is 33.4 Å². The van der Waals surface area contributed by atoms with Crippen LogP contribution in [-0.2, 0) is 20.7 Å². The number of fused-ring (bicyclic) bond motifs is 1. The molecule has 0 spiro atoms. The molecule has 1 aromatic carbocycles. The summed E-state index contributed by atoms with van der Waals surface area (Å²) in [6.07, 6.45) is 8.69. The molecule has 2 aromatic rings. The number of thiazole rings is 1. The summed E-state index contributed by atoms with van der Waals surface area (Å²) in [5, 5.41) is 11.1. The zero-order valence-electron chi connectivity index (χ0n) is 26.3. The van der Waals surface area contributed by atoms with Crippen molar-refractivity contribution < 1.29 is 14.3 Å². The van der Waals surface area contributed by atoms with Crippen LogP contribution in [0.1, 0.15) is 82.2 Å². The SMILES string of the molecule is C=C(CN1CCOCC1)C(=O)NCC(CC1CCCCC1)NC(=O)[C@H](Cc1nc2ccc(C(C)C)cc2s1)NC1CC1C. The van der Waals surface area contributed by atoms with Gasteiger partial charge in [0.05, 0.1) is 34.5 Å². The molecule has 1 aliphatic heterocycles. The van der Waals surface area contributed by atoms with Crippen LogP contribution in [0.4, 0.5) is 0 Å². The van der Waals surface area contributed by atoms with Crippen molar-refractivity contribution in [2.45, 2.75) is 96.2 Å². The maximum atomic E-state index is 13.9. The van der Waals surface area contributed by atoms with Crippen molar-refractivity contribution in [1.82, 2.24) is 25.8 Å². The average Bonchev–Trinajstić information content (AvgIpc) is 3.54. The van der Waals surface area contributed by atoms with Gasteiger partial charge < -0.3 is 20.7 Å². The monoisotopic (exact) mass is 609 g/mol. The fraction of sp³-hybridized carbons (Fsp3) is 0.676. The van der Waals surface area contributed by atoms with Crippen LogP contribution in [0.2, 0.25) is 0 Å². The van der Waals surface area contributed by atoms with Gasteiger partial charge in [-0.1, -0.05) is 65.5 Å². The van der Waals surface area contributed by atoms with Gasteiger partial charge in [0, 0.05) is 50.3 Å². The van der Waals surface area contributed by atoms with E-state index in [1.165, 1.54) is 42.4 Å². The van der Waals surface area contributed by atoms with Crippen molar-refractivity contribution in [1.29, 1.82) is 0 Å². The van der Waals surface area contributed by atoms with Crippen LogP contribution in [-0.4, -0.2) is 79.2 Å². The largest absolute Gasteiger partial charge is 0.379 e. The van der Waals surface area contributed by atoms with Gasteiger partial charge in [0.2, 0.25) is 11.8 Å². The molecule has 8 nitrogen and oxygen atoms in total. The summed E-state index contributed by atoms with van der Waals surface area (Å²) in [7, 11) is 0. The Hall–Kier alpha value is -2.33. The minimum atomic E-state index is -0.360. The maximum absolute atomic E-state index is 13.9. The van der Waals surface area contributed by atoms with E-state index >= 15 is 0 Å². The van der Waals surface area contributed by atoms with E-state index in [1.54, 1.807) is 11.3 Å². The van der Waals surface area contributed by atoms with Crippen LogP contribution in [0.15, 0.2) is 30.4 Å². The predicted molar refractivity (Wildman–Crippen MR) is 174 cm³/mol. The maximum Gasteiger partial charge on any atom is 0.247 e. The van der Waals surface area contributed by atoms with Crippen LogP contribution >= 0.6 is 11.3 Å². The lowest BCUT2D eigenvalue weighted by molar-refractivity contribution is -0.124. The molecule has 236 valence electrons. The minimum absolute atomic E-state index is 0.00317. The normalized spacial score (nSPS) is 22.8. The number of aromatic nitrogens is 1. The van der Waals surface area contributed by atoms with E-state index in [1.807, 2.05) is 0 Å². The zero-order valence-corrected chi connectivity index (χ0v) is 27.1. The Balaban J connectivity index is 1.24. The number of carbonyl (C=O) groups is 2. The highest BCUT2D eigenvalue weighted by Gasteiger charge is 2.37. The number of ether oxygens (including phenoxy) is 1. The Morgan fingerprint density at radius 3 is 2.60 bits per heavy atom. The highest BCUT2D eigenvalue weighted by atomic mass is 32.1. The first-order valence-electron chi connectivity index (χ1n) is 16.5. The summed E-state index contributed by atoms with van der Waals surface area (Å²) in [4.78, 5) is 34.0. The molecule has 2 aliphatic carbocycles. The number of nitrogens with zero attached hydrogens (tertiary/aromatic N) is 2. The number of carbonyl (C=O) groups excluding carboxylic acids is 2. The molecule has 9 heteroatoms. The lowest BCUT2D eigenvalue weighted by Gasteiger charge is -2.29. The average molecular weight is 610 g/mol. The first-order valence-corrected chi connectivity index (χ1v) is 17.3. The number of morpholine rings is 1. The Labute approximate surface area is 261 Å². The van der Waals surface area contributed by atoms with Crippen molar-refractivity contribution in [2.24, 2.45) is 11.8 Å². The molecule has 3 unspecified atom stereocenters. The first kappa shape index (κ1) is 32.1. The summed E-state index contributed by atoms with van der Waals surface area (Å²) >= 11 is 1.69. The Morgan fingerprint density at radius 1 is 1.16 bits per heavy atom. The third-order valence-corrected chi connectivity index (χ3v) is 10.4. The van der Waals surface area contributed by atoms with E-state index in [0.717, 1.165) is 36.5 Å². The molecule has 4 atom stereocenters. The van der Waals surface area contributed by atoms with Gasteiger partial charge in [-0.2, -0.15) is 0 Å². The quantitative estimate of drug-likeness (QED) is 0.267. The van der Waals surface area contributed by atoms with Crippen molar-refractivity contribution in [3.63, 3.8) is 0 Å². The van der Waals surface area contributed by atoms with Gasteiger partial charge >= 0.3 is 0 Å². The van der Waals surface area contributed by atoms with Gasteiger partial charge in [-0.15, -0.1) is 11.3 Å². The van der Waals surface area contributed by atoms with Crippen LogP contribution in [0.5, 0.6) is 0 Å². The van der Waals surface area contributed by atoms with Gasteiger partial charge in [-0.05, 0) is 48.3 Å². The van der Waals surface area contributed by atoms with Crippen molar-refractivity contribution in [3.05, 3.63) is 40.9 Å². The Morgan fingerprint density at radius 2 is 1.91 bits per heavy atom. The molecular formula is C34H51N5O3S. The topological polar surface area (TPSA) is 95.6 Å². The van der Waals surface area contributed by atoms with Gasteiger partial charge in [-0.3, -0.25) is 14.5 Å². The van der Waals surface area contributed by atoms with Crippen LogP contribution < -0.4 is 16.0 Å². The predicted octanol–water partition coefficient (Wildman–Crippen LogP) is 4.79. The molecule has 43 heavy (non-hydrogen) atoms. The van der Waals surface area contributed by atoms with E-state index in [-0.39, 0.29) is 23.9 Å². The molecule has 0 radical (unpaired) electrons. The molecule has 2 heterocycles. The van der Waals surface area contributed by atoms with Gasteiger partial charge in [0.25, 0.3) is 0 Å². The number of rotatable bonds is 14. The number of hydrogen-bond donors (Lipinski definition) is 3. The fourth-order valence-electron chi connectivity index (χ4n) is 6.41. The van der Waals surface area contributed by atoms with E-state index in [9.17, 15) is 9.59 Å². The Kier molecular flexibility index (Phi) is 11.3. The van der Waals surface area contributed by atoms with Crippen LogP contribution in [0.3, 0.4) is 0 Å². The highest BCUT2D eigenvalue weighted by Crippen LogP contribution is 2.31. The third kappa shape index (κ3) is 9.33. The smallest absolute Gasteiger partial charge is 0.247 e. The summed E-state index contributed by atoms with van der Waals surface area (Å²) in [6.45, 7) is 14.7. The van der Waals surface area contributed by atoms with E-state index in [4.69, 9.17) is 9.72 Å². The summed E-state index contributed by atoms with van der Waals surface area (Å²) < 4.78 is 6.60. The number of amides is 2. The van der Waals surface area contributed by atoms with Crippen molar-refractivity contribution in [3.8, 4) is 0 Å². The summed E-state index contributed by atoms with van der Waals surface area (Å²) in [6, 6.07) is 6.37. The van der Waals surface area contributed by atoms with Gasteiger partial charge in [0.1, 0.15) is 0 Å². The zero-order chi connectivity index (χ0) is 30.3. The second-order valence-corrected chi connectivity index (χ2v) is 14.5. The molecule has 3 fully saturated rings. The second kappa shape index (κ2) is 15.1. The highest BCUT2D eigenvalue weighted by molar-refractivity contribution is 7.18. The van der Waals surface area contributed by atoms with Crippen LogP contribution in [0.25, 0.3) is 10.2 Å². The van der Waals surface area contributed by atoms with E-state index < -0.39 is 0 Å². The van der Waals surface area contributed by atoms with E-state index in [2.05, 4.69) is 66.4 Å². The van der Waals surface area contributed by atoms with Crippen LogP contribution in [0, 0.1) is 11.8 Å². The Bertz CT molecular complexity index is 1250. The third-order valence-electron chi connectivity index (χ3n) is 9.38. The standard InChI is InChI=1S/C34H51N5O3S/c1-22(2)26-10-11-28-31(18-26)43-32(38-28)19-30(37-29-16-23(29)3)34(41)36-27(17-25-8-6-5-7-9-25)20-35-33(40)24(4)21-39-12-14-42-15-13-39/h10-11,18,22-23,25,27,29-30,37H,4-9,12-17,19-21H2,1-3H3,(H,35,40)(H,36,41)/t23?,27?,29?,30-/m0/s1. The number of nitrogens with one attached hydrogen (secondary N) is 3. The first-order chi connectivity index (χ1) is 20.7. The molecule has 0 bridgehead atoms. The molecule has 5 rings (SSSR count). The lowest BCUT2D eigenvalue weighted by Crippen LogP contribution is -2.53. The fourth-order valence-corrected chi connectivity index (χ4v) is 7.47. The lowest BCUT2D eigenvalue weighted by atomic mass is 9.84. The summed E-state index contributed by atoms with van der Waals surface area (Å²) in [5.74, 6) is 1.48. The molecule has 3 N–H and O–H groups in total. The molecule has 3 aliphatic rings. The summed E-state index contributed by atoms with van der Waals surface area (Å²) in [5.41, 5.74) is 2.86. The number of benzene rings is 1. The minimum Gasteiger partial charge on any atom is -0.379 e. The van der Waals surface area contributed by atoms with Crippen molar-refractivity contribution in [2.75, 3.05) is 39.4 Å². The molecule has 1 saturated heterocycles. The molecule has 2 amide bonds. The molecular weight excluding hydrogens is 558 g/mol.